The van der Waals surface area contributed by atoms with Crippen molar-refractivity contribution >= 4 is 0 Å². The van der Waals surface area contributed by atoms with Crippen molar-refractivity contribution in [3.05, 3.63) is 29.3 Å². The fraction of sp³-hybridized carbons (Fsp3) is 0.667. The zero-order valence-electron chi connectivity index (χ0n) is 11.6. The number of nitrogens with zero attached hydrogens (tertiary/aromatic N) is 2. The third kappa shape index (κ3) is 1.59. The fourth-order valence-electron chi connectivity index (χ4n) is 3.82. The molecule has 2 aliphatic heterocycles. The summed E-state index contributed by atoms with van der Waals surface area (Å²) in [5, 5.41) is 4.00. The van der Waals surface area contributed by atoms with Crippen molar-refractivity contribution in [2.75, 3.05) is 19.8 Å². The van der Waals surface area contributed by atoms with E-state index in [0.29, 0.717) is 12.0 Å². The van der Waals surface area contributed by atoms with Crippen molar-refractivity contribution in [2.24, 2.45) is 5.92 Å². The lowest BCUT2D eigenvalue weighted by Gasteiger charge is -2.46. The second-order valence-corrected chi connectivity index (χ2v) is 6.55. The van der Waals surface area contributed by atoms with Gasteiger partial charge in [-0.1, -0.05) is 19.0 Å². The largest absolute Gasteiger partial charge is 0.377 e. The van der Waals surface area contributed by atoms with Gasteiger partial charge in [0.15, 0.2) is 0 Å². The third-order valence-corrected chi connectivity index (χ3v) is 5.04. The first-order valence-corrected chi connectivity index (χ1v) is 7.14. The van der Waals surface area contributed by atoms with E-state index < -0.39 is 0 Å². The predicted molar refractivity (Wildman–Crippen MR) is 70.7 cm³/mol. The van der Waals surface area contributed by atoms with E-state index in [2.05, 4.69) is 30.1 Å². The maximum atomic E-state index is 5.52. The fourth-order valence-corrected chi connectivity index (χ4v) is 3.82. The van der Waals surface area contributed by atoms with Gasteiger partial charge in [0.2, 0.25) is 0 Å². The molecule has 4 heteroatoms. The first-order valence-electron chi connectivity index (χ1n) is 7.14. The summed E-state index contributed by atoms with van der Waals surface area (Å²) >= 11 is 0. The molecule has 0 saturated carbocycles. The highest BCUT2D eigenvalue weighted by atomic mass is 16.5. The number of hydrogen-bond donors (Lipinski definition) is 0. The average molecular weight is 260 g/mol. The van der Waals surface area contributed by atoms with Gasteiger partial charge in [0, 0.05) is 23.9 Å². The summed E-state index contributed by atoms with van der Waals surface area (Å²) in [5.41, 5.74) is 2.87. The Bertz CT molecular complexity index is 528. The van der Waals surface area contributed by atoms with Crippen LogP contribution in [0.4, 0.5) is 0 Å². The summed E-state index contributed by atoms with van der Waals surface area (Å²) in [7, 11) is 0. The minimum atomic E-state index is 0.0676. The Labute approximate surface area is 113 Å². The number of allylic oxidation sites excluding steroid dienone is 1. The van der Waals surface area contributed by atoms with Crippen LogP contribution in [0.15, 0.2) is 22.5 Å². The second-order valence-electron chi connectivity index (χ2n) is 6.55. The number of rotatable bonds is 1. The first kappa shape index (κ1) is 11.5. The zero-order chi connectivity index (χ0) is 13.0. The molecule has 1 aliphatic carbocycles. The van der Waals surface area contributed by atoms with E-state index in [0.717, 1.165) is 31.9 Å². The average Bonchev–Trinajstić information content (AvgIpc) is 2.75. The molecule has 3 aliphatic rings. The van der Waals surface area contributed by atoms with Crippen LogP contribution in [0.2, 0.25) is 0 Å². The lowest BCUT2D eigenvalue weighted by atomic mass is 9.64. The van der Waals surface area contributed by atoms with Gasteiger partial charge in [0.05, 0.1) is 25.5 Å². The van der Waals surface area contributed by atoms with Gasteiger partial charge in [-0.15, -0.1) is 0 Å². The molecule has 1 aromatic heterocycles. The molecular formula is C15H20N2O2. The molecule has 1 saturated heterocycles. The van der Waals surface area contributed by atoms with Crippen molar-refractivity contribution in [1.82, 2.24) is 10.1 Å². The smallest absolute Gasteiger partial charge is 0.146 e. The lowest BCUT2D eigenvalue weighted by molar-refractivity contribution is -0.0531. The van der Waals surface area contributed by atoms with Crippen molar-refractivity contribution < 1.29 is 9.26 Å². The molecule has 0 unspecified atom stereocenters. The van der Waals surface area contributed by atoms with E-state index in [-0.39, 0.29) is 5.41 Å². The molecule has 1 fully saturated rings. The Balaban J connectivity index is 1.70. The van der Waals surface area contributed by atoms with Gasteiger partial charge in [-0.05, 0) is 24.1 Å². The van der Waals surface area contributed by atoms with Gasteiger partial charge in [0.1, 0.15) is 5.76 Å². The molecule has 0 amide bonds. The lowest BCUT2D eigenvalue weighted by Crippen LogP contribution is -2.50. The van der Waals surface area contributed by atoms with Gasteiger partial charge in [-0.2, -0.15) is 0 Å². The molecule has 0 aromatic carbocycles. The number of aromatic nitrogens is 1. The monoisotopic (exact) mass is 260 g/mol. The summed E-state index contributed by atoms with van der Waals surface area (Å²) in [5.74, 6) is 1.68. The van der Waals surface area contributed by atoms with E-state index in [1.807, 2.05) is 6.20 Å². The van der Waals surface area contributed by atoms with Crippen LogP contribution in [-0.4, -0.2) is 35.9 Å². The summed E-state index contributed by atoms with van der Waals surface area (Å²) in [4.78, 5) is 2.48. The van der Waals surface area contributed by atoms with Crippen LogP contribution >= 0.6 is 0 Å². The van der Waals surface area contributed by atoms with E-state index in [1.165, 1.54) is 12.0 Å². The van der Waals surface area contributed by atoms with E-state index in [4.69, 9.17) is 9.26 Å². The quantitative estimate of drug-likeness (QED) is 0.775. The highest BCUT2D eigenvalue weighted by molar-refractivity contribution is 5.37. The first-order chi connectivity index (χ1) is 9.16. The summed E-state index contributed by atoms with van der Waals surface area (Å²) in [6.45, 7) is 7.48. The Morgan fingerprint density at radius 1 is 1.37 bits per heavy atom. The van der Waals surface area contributed by atoms with Gasteiger partial charge < -0.3 is 14.2 Å². The maximum absolute atomic E-state index is 5.52. The highest BCUT2D eigenvalue weighted by Gasteiger charge is 2.44. The molecule has 4 rings (SSSR count). The van der Waals surface area contributed by atoms with Gasteiger partial charge in [0.25, 0.3) is 0 Å². The minimum Gasteiger partial charge on any atom is -0.377 e. The molecular weight excluding hydrogens is 240 g/mol. The molecule has 3 heterocycles. The molecule has 4 nitrogen and oxygen atoms in total. The summed E-state index contributed by atoms with van der Waals surface area (Å²) in [6.07, 6.45) is 6.48. The number of hydrogen-bond acceptors (Lipinski definition) is 4. The zero-order valence-corrected chi connectivity index (χ0v) is 11.6. The SMILES string of the molecule is CC1(C)c2oncc2CC2=CN(C3COC3)CC[C@@H]21. The van der Waals surface area contributed by atoms with Crippen molar-refractivity contribution in [3.8, 4) is 0 Å². The van der Waals surface area contributed by atoms with Crippen LogP contribution in [0.25, 0.3) is 0 Å². The van der Waals surface area contributed by atoms with Crippen molar-refractivity contribution in [1.29, 1.82) is 0 Å². The maximum Gasteiger partial charge on any atom is 0.146 e. The van der Waals surface area contributed by atoms with Crippen LogP contribution in [0.3, 0.4) is 0 Å². The Hall–Kier alpha value is -1.29. The Morgan fingerprint density at radius 3 is 2.95 bits per heavy atom. The van der Waals surface area contributed by atoms with Crippen LogP contribution in [0, 0.1) is 5.92 Å². The second kappa shape index (κ2) is 3.85. The molecule has 0 radical (unpaired) electrons. The van der Waals surface area contributed by atoms with Gasteiger partial charge in [-0.25, -0.2) is 0 Å². The van der Waals surface area contributed by atoms with Crippen LogP contribution < -0.4 is 0 Å². The van der Waals surface area contributed by atoms with Crippen LogP contribution in [0.5, 0.6) is 0 Å². The Kier molecular flexibility index (Phi) is 2.34. The molecule has 1 atom stereocenters. The highest BCUT2D eigenvalue weighted by Crippen LogP contribution is 2.47. The van der Waals surface area contributed by atoms with Crippen molar-refractivity contribution in [3.63, 3.8) is 0 Å². The van der Waals surface area contributed by atoms with Crippen LogP contribution in [-0.2, 0) is 16.6 Å². The van der Waals surface area contributed by atoms with Crippen molar-refractivity contribution in [2.45, 2.75) is 38.1 Å². The predicted octanol–water partition coefficient (Wildman–Crippen LogP) is 2.11. The van der Waals surface area contributed by atoms with E-state index in [9.17, 15) is 0 Å². The molecule has 0 bridgehead atoms. The topological polar surface area (TPSA) is 38.5 Å². The van der Waals surface area contributed by atoms with E-state index in [1.54, 1.807) is 5.57 Å². The third-order valence-electron chi connectivity index (χ3n) is 5.04. The number of ether oxygens (including phenoxy) is 1. The summed E-state index contributed by atoms with van der Waals surface area (Å²) < 4.78 is 10.8. The molecule has 0 spiro atoms. The summed E-state index contributed by atoms with van der Waals surface area (Å²) in [6, 6.07) is 0.598. The minimum absolute atomic E-state index is 0.0676. The van der Waals surface area contributed by atoms with E-state index >= 15 is 0 Å². The normalized spacial score (nSPS) is 29.3. The molecule has 1 aromatic rings. The van der Waals surface area contributed by atoms with Gasteiger partial charge >= 0.3 is 0 Å². The number of fused-ring (bicyclic) bond motifs is 2. The molecule has 0 N–H and O–H groups in total. The Morgan fingerprint density at radius 2 is 2.21 bits per heavy atom. The standard InChI is InChI=1S/C15H20N2O2/c1-15(2)13-3-4-17(12-8-18-9-12)7-11(13)5-10-6-16-19-14(10)15/h6-7,12-13H,3-5,8-9H2,1-2H3/t13-/m0/s1. The molecule has 19 heavy (non-hydrogen) atoms. The van der Waals surface area contributed by atoms with Gasteiger partial charge in [-0.3, -0.25) is 0 Å². The molecule has 102 valence electrons. The van der Waals surface area contributed by atoms with Crippen LogP contribution in [0.1, 0.15) is 31.6 Å².